The van der Waals surface area contributed by atoms with Crippen molar-refractivity contribution in [2.75, 3.05) is 24.3 Å². The van der Waals surface area contributed by atoms with E-state index in [0.717, 1.165) is 22.5 Å². The zero-order valence-corrected chi connectivity index (χ0v) is 17.8. The highest BCUT2D eigenvalue weighted by molar-refractivity contribution is 7.80. The van der Waals surface area contributed by atoms with Gasteiger partial charge in [-0.05, 0) is 61.5 Å². The highest BCUT2D eigenvalue weighted by atomic mass is 35.5. The van der Waals surface area contributed by atoms with E-state index in [1.165, 1.54) is 0 Å². The van der Waals surface area contributed by atoms with Crippen LogP contribution in [-0.4, -0.2) is 25.1 Å². The van der Waals surface area contributed by atoms with E-state index < -0.39 is 0 Å². The molecule has 1 atom stereocenters. The third-order valence-electron chi connectivity index (χ3n) is 4.69. The van der Waals surface area contributed by atoms with E-state index in [9.17, 15) is 4.79 Å². The van der Waals surface area contributed by atoms with Gasteiger partial charge in [0.25, 0.3) is 5.91 Å². The number of nitrogens with zero attached hydrogens (tertiary/aromatic N) is 1. The summed E-state index contributed by atoms with van der Waals surface area (Å²) >= 11 is 11.5. The Bertz CT molecular complexity index is 953. The van der Waals surface area contributed by atoms with Gasteiger partial charge in [0.2, 0.25) is 0 Å². The van der Waals surface area contributed by atoms with Crippen molar-refractivity contribution in [3.05, 3.63) is 69.9 Å². The van der Waals surface area contributed by atoms with Crippen molar-refractivity contribution in [1.29, 1.82) is 0 Å². The highest BCUT2D eigenvalue weighted by Crippen LogP contribution is 2.29. The van der Waals surface area contributed by atoms with Crippen LogP contribution < -0.4 is 20.9 Å². The molecule has 0 unspecified atom stereocenters. The van der Waals surface area contributed by atoms with Gasteiger partial charge in [-0.25, -0.2) is 0 Å². The molecular formula is C21H23ClN4OS. The summed E-state index contributed by atoms with van der Waals surface area (Å²) in [5.74, 6) is -0.207. The van der Waals surface area contributed by atoms with Gasteiger partial charge in [0, 0.05) is 36.2 Å². The molecule has 1 aliphatic heterocycles. The lowest BCUT2D eigenvalue weighted by molar-refractivity contribution is -0.113. The van der Waals surface area contributed by atoms with Crippen molar-refractivity contribution >= 4 is 46.2 Å². The van der Waals surface area contributed by atoms with Crippen LogP contribution in [0.1, 0.15) is 24.1 Å². The molecule has 0 radical (unpaired) electrons. The quantitative estimate of drug-likeness (QED) is 0.656. The Labute approximate surface area is 175 Å². The Morgan fingerprint density at radius 1 is 1.14 bits per heavy atom. The van der Waals surface area contributed by atoms with Crippen molar-refractivity contribution in [3.63, 3.8) is 0 Å². The Balaban J connectivity index is 1.92. The summed E-state index contributed by atoms with van der Waals surface area (Å²) in [7, 11) is 3.98. The molecule has 1 aliphatic rings. The number of halogens is 1. The number of benzene rings is 2. The SMILES string of the molecule is CC1=C(C(=O)Nc2ccc(C)c(Cl)c2)[C@@H](c2ccc(N(C)C)cc2)NC(=S)N1. The summed E-state index contributed by atoms with van der Waals surface area (Å²) in [6.45, 7) is 3.77. The molecule has 0 saturated carbocycles. The summed E-state index contributed by atoms with van der Waals surface area (Å²) in [6, 6.07) is 13.2. The predicted molar refractivity (Wildman–Crippen MR) is 120 cm³/mol. The number of aryl methyl sites for hydroxylation is 1. The number of amides is 1. The first-order valence-electron chi connectivity index (χ1n) is 8.89. The fourth-order valence-corrected chi connectivity index (χ4v) is 3.53. The van der Waals surface area contributed by atoms with E-state index in [-0.39, 0.29) is 11.9 Å². The largest absolute Gasteiger partial charge is 0.378 e. The fraction of sp³-hybridized carbons (Fsp3) is 0.238. The Hall–Kier alpha value is -2.57. The first kappa shape index (κ1) is 20.2. The van der Waals surface area contributed by atoms with Crippen LogP contribution in [0.15, 0.2) is 53.7 Å². The number of nitrogens with one attached hydrogen (secondary N) is 3. The van der Waals surface area contributed by atoms with E-state index in [1.54, 1.807) is 6.07 Å². The Morgan fingerprint density at radius 3 is 2.43 bits per heavy atom. The lowest BCUT2D eigenvalue weighted by Crippen LogP contribution is -2.45. The summed E-state index contributed by atoms with van der Waals surface area (Å²) in [5, 5.41) is 10.3. The molecular weight excluding hydrogens is 392 g/mol. The second-order valence-corrected chi connectivity index (χ2v) is 7.79. The standard InChI is InChI=1S/C21H23ClN4OS/c1-12-5-8-15(11-17(12)22)24-20(27)18-13(2)23-21(28)25-19(18)14-6-9-16(10-7-14)26(3)4/h5-11,19H,1-4H3,(H,24,27)(H2,23,25,28)/t19-/m1/s1. The number of thiocarbonyl (C=S) groups is 1. The number of anilines is 2. The number of hydrogen-bond donors (Lipinski definition) is 3. The van der Waals surface area contributed by atoms with Crippen molar-refractivity contribution in [1.82, 2.24) is 10.6 Å². The van der Waals surface area contributed by atoms with Gasteiger partial charge >= 0.3 is 0 Å². The van der Waals surface area contributed by atoms with Crippen LogP contribution in [0.2, 0.25) is 5.02 Å². The van der Waals surface area contributed by atoms with E-state index in [2.05, 4.69) is 16.0 Å². The molecule has 0 aromatic heterocycles. The van der Waals surface area contributed by atoms with Crippen molar-refractivity contribution in [2.45, 2.75) is 19.9 Å². The minimum Gasteiger partial charge on any atom is -0.378 e. The van der Waals surface area contributed by atoms with Gasteiger partial charge in [0.1, 0.15) is 0 Å². The normalized spacial score (nSPS) is 16.3. The maximum absolute atomic E-state index is 13.1. The third kappa shape index (κ3) is 4.29. The van der Waals surface area contributed by atoms with Gasteiger partial charge < -0.3 is 20.9 Å². The number of rotatable bonds is 4. The smallest absolute Gasteiger partial charge is 0.255 e. The van der Waals surface area contributed by atoms with Gasteiger partial charge in [-0.2, -0.15) is 0 Å². The summed E-state index contributed by atoms with van der Waals surface area (Å²) < 4.78 is 0. The summed E-state index contributed by atoms with van der Waals surface area (Å²) in [4.78, 5) is 15.1. The Kier molecular flexibility index (Phi) is 5.91. The second-order valence-electron chi connectivity index (χ2n) is 6.97. The van der Waals surface area contributed by atoms with E-state index in [1.807, 2.05) is 69.2 Å². The van der Waals surface area contributed by atoms with Crippen LogP contribution >= 0.6 is 23.8 Å². The van der Waals surface area contributed by atoms with Gasteiger partial charge in [-0.1, -0.05) is 29.8 Å². The monoisotopic (exact) mass is 414 g/mol. The second kappa shape index (κ2) is 8.20. The van der Waals surface area contributed by atoms with Crippen molar-refractivity contribution in [3.8, 4) is 0 Å². The van der Waals surface area contributed by atoms with Crippen LogP contribution in [0, 0.1) is 6.92 Å². The van der Waals surface area contributed by atoms with Gasteiger partial charge in [-0.3, -0.25) is 4.79 Å². The minimum absolute atomic E-state index is 0.207. The lowest BCUT2D eigenvalue weighted by atomic mass is 9.94. The minimum atomic E-state index is -0.342. The molecule has 3 rings (SSSR count). The molecule has 1 amide bonds. The summed E-state index contributed by atoms with van der Waals surface area (Å²) in [5.41, 5.74) is 4.96. The molecule has 0 aliphatic carbocycles. The molecule has 0 spiro atoms. The van der Waals surface area contributed by atoms with Gasteiger partial charge in [0.05, 0.1) is 11.6 Å². The number of hydrogen-bond acceptors (Lipinski definition) is 3. The van der Waals surface area contributed by atoms with Gasteiger partial charge in [0.15, 0.2) is 5.11 Å². The molecule has 5 nitrogen and oxygen atoms in total. The van der Waals surface area contributed by atoms with E-state index in [0.29, 0.717) is 21.4 Å². The maximum atomic E-state index is 13.1. The molecule has 2 aromatic rings. The van der Waals surface area contributed by atoms with Crippen molar-refractivity contribution < 1.29 is 4.79 Å². The molecule has 28 heavy (non-hydrogen) atoms. The molecule has 7 heteroatoms. The first-order valence-corrected chi connectivity index (χ1v) is 9.68. The summed E-state index contributed by atoms with van der Waals surface area (Å²) in [6.07, 6.45) is 0. The predicted octanol–water partition coefficient (Wildman–Crippen LogP) is 4.15. The van der Waals surface area contributed by atoms with Crippen LogP contribution in [0.5, 0.6) is 0 Å². The molecule has 3 N–H and O–H groups in total. The highest BCUT2D eigenvalue weighted by Gasteiger charge is 2.30. The maximum Gasteiger partial charge on any atom is 0.255 e. The van der Waals surface area contributed by atoms with Crippen LogP contribution in [0.4, 0.5) is 11.4 Å². The molecule has 0 fully saturated rings. The molecule has 146 valence electrons. The Morgan fingerprint density at radius 2 is 1.82 bits per heavy atom. The van der Waals surface area contributed by atoms with Crippen LogP contribution in [0.3, 0.4) is 0 Å². The average molecular weight is 415 g/mol. The van der Waals surface area contributed by atoms with Crippen LogP contribution in [-0.2, 0) is 4.79 Å². The topological polar surface area (TPSA) is 56.4 Å². The zero-order chi connectivity index (χ0) is 20.4. The molecule has 0 bridgehead atoms. The third-order valence-corrected chi connectivity index (χ3v) is 5.31. The van der Waals surface area contributed by atoms with E-state index in [4.69, 9.17) is 23.8 Å². The molecule has 0 saturated heterocycles. The number of allylic oxidation sites excluding steroid dienone is 1. The molecule has 2 aromatic carbocycles. The fourth-order valence-electron chi connectivity index (χ4n) is 3.08. The molecule has 1 heterocycles. The number of carbonyl (C=O) groups excluding carboxylic acids is 1. The average Bonchev–Trinajstić information content (AvgIpc) is 2.64. The van der Waals surface area contributed by atoms with Crippen molar-refractivity contribution in [2.24, 2.45) is 0 Å². The lowest BCUT2D eigenvalue weighted by Gasteiger charge is -2.30. The van der Waals surface area contributed by atoms with E-state index >= 15 is 0 Å². The van der Waals surface area contributed by atoms with Crippen LogP contribution in [0.25, 0.3) is 0 Å². The zero-order valence-electron chi connectivity index (χ0n) is 16.3. The number of carbonyl (C=O) groups is 1. The first-order chi connectivity index (χ1) is 13.3. The van der Waals surface area contributed by atoms with Gasteiger partial charge in [-0.15, -0.1) is 0 Å².